The van der Waals surface area contributed by atoms with Crippen LogP contribution >= 0.6 is 11.6 Å². The number of hydrazone groups is 1. The van der Waals surface area contributed by atoms with Crippen molar-refractivity contribution in [2.75, 3.05) is 26.3 Å². The summed E-state index contributed by atoms with van der Waals surface area (Å²) >= 11 is 6.23. The van der Waals surface area contributed by atoms with Crippen molar-refractivity contribution in [1.82, 2.24) is 15.0 Å². The highest BCUT2D eigenvalue weighted by Gasteiger charge is 2.30. The van der Waals surface area contributed by atoms with E-state index in [0.29, 0.717) is 46.1 Å². The van der Waals surface area contributed by atoms with Crippen molar-refractivity contribution in [2.24, 2.45) is 5.10 Å². The SMILES string of the molecule is COc1cc2nc(Cl)nc(Nc3cccc(C4=NN(C=O)C(c5ccc6c(c5)OCO6)C4)c3)c2cc1OC. The first kappa shape index (κ1) is 23.8. The predicted molar refractivity (Wildman–Crippen MR) is 142 cm³/mol. The fourth-order valence-electron chi connectivity index (χ4n) is 4.63. The molecular weight excluding hydrogens is 510 g/mol. The number of amides is 1. The number of nitrogens with zero attached hydrogens (tertiary/aromatic N) is 4. The number of hydrogen-bond donors (Lipinski definition) is 1. The van der Waals surface area contributed by atoms with Gasteiger partial charge in [0.2, 0.25) is 18.5 Å². The standard InChI is InChI=1S/C27H22ClN5O5/c1-35-23-10-18-20(12-24(23)36-2)30-27(28)31-26(18)29-17-5-3-4-15(8-17)19-11-21(33(13-34)32-19)16-6-7-22-25(9-16)38-14-37-22/h3-10,12-13,21H,11,14H2,1-2H3,(H,29,30,31). The van der Waals surface area contributed by atoms with Gasteiger partial charge in [0.15, 0.2) is 23.0 Å². The summed E-state index contributed by atoms with van der Waals surface area (Å²) in [5.41, 5.74) is 3.94. The zero-order chi connectivity index (χ0) is 26.2. The van der Waals surface area contributed by atoms with Crippen molar-refractivity contribution in [3.63, 3.8) is 0 Å². The van der Waals surface area contributed by atoms with Gasteiger partial charge in [-0.05, 0) is 53.1 Å². The smallest absolute Gasteiger partial charge is 0.231 e. The summed E-state index contributed by atoms with van der Waals surface area (Å²) in [4.78, 5) is 20.6. The van der Waals surface area contributed by atoms with E-state index in [1.165, 1.54) is 5.01 Å². The van der Waals surface area contributed by atoms with Crippen molar-refractivity contribution in [3.05, 3.63) is 71.0 Å². The number of anilines is 2. The molecule has 0 saturated carbocycles. The van der Waals surface area contributed by atoms with E-state index < -0.39 is 0 Å². The second-order valence-corrected chi connectivity index (χ2v) is 8.97. The highest BCUT2D eigenvalue weighted by molar-refractivity contribution is 6.29. The van der Waals surface area contributed by atoms with Gasteiger partial charge in [-0.1, -0.05) is 18.2 Å². The summed E-state index contributed by atoms with van der Waals surface area (Å²) in [6.45, 7) is 0.190. The third kappa shape index (κ3) is 4.28. The van der Waals surface area contributed by atoms with Gasteiger partial charge in [0.1, 0.15) is 5.82 Å². The Morgan fingerprint density at radius 3 is 2.66 bits per heavy atom. The van der Waals surface area contributed by atoms with Crippen LogP contribution in [-0.4, -0.2) is 48.1 Å². The number of rotatable bonds is 7. The zero-order valence-electron chi connectivity index (χ0n) is 20.5. The molecule has 0 radical (unpaired) electrons. The molecule has 0 saturated heterocycles. The Bertz CT molecular complexity index is 1590. The molecular formula is C27H22ClN5O5. The van der Waals surface area contributed by atoms with Crippen LogP contribution in [0.4, 0.5) is 11.5 Å². The summed E-state index contributed by atoms with van der Waals surface area (Å²) in [7, 11) is 3.13. The number of halogens is 1. The van der Waals surface area contributed by atoms with Crippen LogP contribution in [0.1, 0.15) is 23.6 Å². The van der Waals surface area contributed by atoms with E-state index >= 15 is 0 Å². The number of ether oxygens (including phenoxy) is 4. The Balaban J connectivity index is 1.30. The lowest BCUT2D eigenvalue weighted by molar-refractivity contribution is -0.119. The molecule has 0 fully saturated rings. The molecule has 2 aliphatic heterocycles. The largest absolute Gasteiger partial charge is 0.493 e. The Labute approximate surface area is 222 Å². The normalized spacial score (nSPS) is 15.9. The molecule has 0 spiro atoms. The maximum absolute atomic E-state index is 11.9. The highest BCUT2D eigenvalue weighted by atomic mass is 35.5. The minimum absolute atomic E-state index is 0.0942. The van der Waals surface area contributed by atoms with Crippen LogP contribution in [0.2, 0.25) is 5.28 Å². The van der Waals surface area contributed by atoms with Crippen molar-refractivity contribution in [3.8, 4) is 23.0 Å². The van der Waals surface area contributed by atoms with Gasteiger partial charge in [-0.25, -0.2) is 9.99 Å². The van der Waals surface area contributed by atoms with Crippen LogP contribution in [0.5, 0.6) is 23.0 Å². The van der Waals surface area contributed by atoms with Gasteiger partial charge in [-0.15, -0.1) is 0 Å². The number of methoxy groups -OCH3 is 2. The average molecular weight is 532 g/mol. The summed E-state index contributed by atoms with van der Waals surface area (Å²) in [6, 6.07) is 16.7. The molecule has 1 unspecified atom stereocenters. The zero-order valence-corrected chi connectivity index (χ0v) is 21.2. The van der Waals surface area contributed by atoms with Crippen LogP contribution in [0.25, 0.3) is 10.9 Å². The number of nitrogens with one attached hydrogen (secondary N) is 1. The number of carbonyl (C=O) groups is 1. The molecule has 3 aromatic carbocycles. The van der Waals surface area contributed by atoms with Crippen molar-refractivity contribution < 1.29 is 23.7 Å². The molecule has 1 N–H and O–H groups in total. The highest BCUT2D eigenvalue weighted by Crippen LogP contribution is 2.39. The van der Waals surface area contributed by atoms with Gasteiger partial charge >= 0.3 is 0 Å². The summed E-state index contributed by atoms with van der Waals surface area (Å²) in [5, 5.41) is 10.2. The number of carbonyl (C=O) groups excluding carboxylic acids is 1. The van der Waals surface area contributed by atoms with E-state index in [1.54, 1.807) is 26.4 Å². The maximum Gasteiger partial charge on any atom is 0.231 e. The Morgan fingerprint density at radius 2 is 1.84 bits per heavy atom. The van der Waals surface area contributed by atoms with E-state index in [9.17, 15) is 4.79 Å². The molecule has 38 heavy (non-hydrogen) atoms. The molecule has 192 valence electrons. The van der Waals surface area contributed by atoms with Gasteiger partial charge in [0.05, 0.1) is 31.5 Å². The first-order chi connectivity index (χ1) is 18.6. The lowest BCUT2D eigenvalue weighted by Crippen LogP contribution is -2.17. The monoisotopic (exact) mass is 531 g/mol. The van der Waals surface area contributed by atoms with Crippen LogP contribution in [0.3, 0.4) is 0 Å². The molecule has 6 rings (SSSR count). The van der Waals surface area contributed by atoms with Crippen LogP contribution in [0, 0.1) is 0 Å². The van der Waals surface area contributed by atoms with Crippen molar-refractivity contribution >= 4 is 46.1 Å². The molecule has 3 heterocycles. The van der Waals surface area contributed by atoms with Crippen LogP contribution < -0.4 is 24.3 Å². The fourth-order valence-corrected chi connectivity index (χ4v) is 4.80. The number of hydrogen-bond acceptors (Lipinski definition) is 9. The minimum Gasteiger partial charge on any atom is -0.493 e. The molecule has 2 aliphatic rings. The number of fused-ring (bicyclic) bond motifs is 2. The Kier molecular flexibility index (Phi) is 6.09. The van der Waals surface area contributed by atoms with E-state index in [2.05, 4.69) is 20.4 Å². The molecule has 1 atom stereocenters. The number of aromatic nitrogens is 2. The first-order valence-electron chi connectivity index (χ1n) is 11.7. The Morgan fingerprint density at radius 1 is 1.03 bits per heavy atom. The molecule has 11 heteroatoms. The molecule has 10 nitrogen and oxygen atoms in total. The molecule has 0 aliphatic carbocycles. The Hall–Kier alpha value is -4.57. The summed E-state index contributed by atoms with van der Waals surface area (Å²) in [5.74, 6) is 2.96. The van der Waals surface area contributed by atoms with Gasteiger partial charge < -0.3 is 24.3 Å². The van der Waals surface area contributed by atoms with E-state index in [0.717, 1.165) is 28.9 Å². The molecule has 0 bridgehead atoms. The maximum atomic E-state index is 11.9. The van der Waals surface area contributed by atoms with Crippen molar-refractivity contribution in [2.45, 2.75) is 12.5 Å². The average Bonchev–Trinajstić information content (AvgIpc) is 3.59. The van der Waals surface area contributed by atoms with Gasteiger partial charge in [0, 0.05) is 23.6 Å². The third-order valence-corrected chi connectivity index (χ3v) is 6.63. The first-order valence-corrected chi connectivity index (χ1v) is 12.1. The van der Waals surface area contributed by atoms with Gasteiger partial charge in [0.25, 0.3) is 0 Å². The number of benzene rings is 3. The van der Waals surface area contributed by atoms with E-state index in [1.807, 2.05) is 42.5 Å². The van der Waals surface area contributed by atoms with E-state index in [4.69, 9.17) is 30.5 Å². The van der Waals surface area contributed by atoms with Crippen LogP contribution in [0.15, 0.2) is 59.7 Å². The molecule has 1 amide bonds. The summed E-state index contributed by atoms with van der Waals surface area (Å²) in [6.07, 6.45) is 1.28. The topological polar surface area (TPSA) is 107 Å². The van der Waals surface area contributed by atoms with Crippen molar-refractivity contribution in [1.29, 1.82) is 0 Å². The van der Waals surface area contributed by atoms with E-state index in [-0.39, 0.29) is 18.1 Å². The van der Waals surface area contributed by atoms with Gasteiger partial charge in [-0.3, -0.25) is 4.79 Å². The predicted octanol–water partition coefficient (Wildman–Crippen LogP) is 5.08. The second-order valence-electron chi connectivity index (χ2n) is 8.64. The van der Waals surface area contributed by atoms with Gasteiger partial charge in [-0.2, -0.15) is 10.1 Å². The fraction of sp³-hybridized carbons (Fsp3) is 0.185. The lowest BCUT2D eigenvalue weighted by Gasteiger charge is -2.17. The third-order valence-electron chi connectivity index (χ3n) is 6.46. The molecule has 1 aromatic heterocycles. The lowest BCUT2D eigenvalue weighted by atomic mass is 9.98. The van der Waals surface area contributed by atoms with Crippen LogP contribution in [-0.2, 0) is 4.79 Å². The molecule has 4 aromatic rings. The summed E-state index contributed by atoms with van der Waals surface area (Å²) < 4.78 is 21.8. The minimum atomic E-state index is -0.249. The quantitative estimate of drug-likeness (QED) is 0.260. The second kappa shape index (κ2) is 9.71.